The monoisotopic (exact) mass is 1070 g/mol. The summed E-state index contributed by atoms with van der Waals surface area (Å²) in [4.78, 5) is 19.5. The number of ether oxygens (including phenoxy) is 2. The third-order valence-electron chi connectivity index (χ3n) is 10.5. The fourth-order valence-corrected chi connectivity index (χ4v) is 13.6. The molecule has 6 bridgehead atoms. The highest BCUT2D eigenvalue weighted by Gasteiger charge is 2.29. The Morgan fingerprint density at radius 2 is 1.39 bits per heavy atom. The van der Waals surface area contributed by atoms with Crippen LogP contribution in [0.25, 0.3) is 20.4 Å². The Bertz CT molecular complexity index is 3540. The third-order valence-corrected chi connectivity index (χ3v) is 17.9. The minimum absolute atomic E-state index is 0.0706. The van der Waals surface area contributed by atoms with Gasteiger partial charge in [0.25, 0.3) is 0 Å². The first-order chi connectivity index (χ1) is 33.2. The average molecular weight is 1070 g/mol. The molecule has 69 heavy (non-hydrogen) atoms. The molecule has 0 fully saturated rings. The number of methoxy groups -OCH3 is 2. The van der Waals surface area contributed by atoms with Gasteiger partial charge >= 0.3 is 20.2 Å². The maximum atomic E-state index is 12.2. The normalized spacial score (nSPS) is 13.3. The van der Waals surface area contributed by atoms with E-state index < -0.39 is 20.2 Å². The fourth-order valence-electron chi connectivity index (χ4n) is 7.33. The zero-order chi connectivity index (χ0) is 48.6. The molecule has 0 saturated heterocycles. The van der Waals surface area contributed by atoms with E-state index in [0.29, 0.717) is 67.2 Å². The molecule has 0 unspecified atom stereocenters. The lowest BCUT2D eigenvalue weighted by atomic mass is 10.1. The van der Waals surface area contributed by atoms with Crippen LogP contribution >= 0.6 is 57.5 Å². The zero-order valence-electron chi connectivity index (χ0n) is 36.9. The van der Waals surface area contributed by atoms with Gasteiger partial charge in [-0.25, -0.2) is 0 Å². The smallest absolute Gasteiger partial charge is 0.307 e. The van der Waals surface area contributed by atoms with Crippen LogP contribution in [0.15, 0.2) is 94.7 Å². The molecule has 3 aromatic carbocycles. The van der Waals surface area contributed by atoms with E-state index in [0.717, 1.165) is 81.3 Å². The van der Waals surface area contributed by atoms with Crippen molar-refractivity contribution in [1.82, 2.24) is 23.7 Å². The molecule has 6 heterocycles. The molecule has 358 valence electrons. The number of thioether (sulfide) groups is 1. The van der Waals surface area contributed by atoms with E-state index in [1.807, 2.05) is 30.3 Å². The van der Waals surface area contributed by atoms with Gasteiger partial charge in [0.1, 0.15) is 21.0 Å². The quantitative estimate of drug-likeness (QED) is 0.0582. The van der Waals surface area contributed by atoms with Crippen molar-refractivity contribution in [3.8, 4) is 11.5 Å². The largest absolute Gasteiger partial charge is 0.494 e. The molecular weight excluding hydrogens is 1030 g/mol. The van der Waals surface area contributed by atoms with Crippen LogP contribution in [0.1, 0.15) is 31.9 Å². The van der Waals surface area contributed by atoms with Crippen LogP contribution < -0.4 is 29.9 Å². The number of hydrogen-bond donors (Lipinski definition) is 4. The first-order valence-corrected chi connectivity index (χ1v) is 27.7. The molecule has 9 rings (SSSR count). The van der Waals surface area contributed by atoms with Gasteiger partial charge in [0.2, 0.25) is 11.9 Å². The van der Waals surface area contributed by atoms with Gasteiger partial charge in [-0.2, -0.15) is 40.5 Å². The van der Waals surface area contributed by atoms with E-state index in [1.54, 1.807) is 12.1 Å². The van der Waals surface area contributed by atoms with Gasteiger partial charge in [0.15, 0.2) is 35.1 Å². The van der Waals surface area contributed by atoms with Crippen molar-refractivity contribution < 1.29 is 35.4 Å². The number of nitrogens with zero attached hydrogens (tertiary/aromatic N) is 11. The van der Waals surface area contributed by atoms with Crippen LogP contribution in [0.3, 0.4) is 0 Å². The predicted octanol–water partition coefficient (Wildman–Crippen LogP) is 11.5. The highest BCUT2D eigenvalue weighted by molar-refractivity contribution is 7.98. The molecule has 21 nitrogen and oxygen atoms in total. The highest BCUT2D eigenvalue weighted by atomic mass is 32.3. The zero-order valence-corrected chi connectivity index (χ0v) is 42.6. The van der Waals surface area contributed by atoms with Crippen LogP contribution in [0.4, 0.5) is 56.0 Å². The van der Waals surface area contributed by atoms with E-state index in [9.17, 15) is 25.9 Å². The molecule has 5 aromatic heterocycles. The van der Waals surface area contributed by atoms with Crippen LogP contribution in [0, 0.1) is 0 Å². The van der Waals surface area contributed by atoms with Crippen LogP contribution in [0.5, 0.6) is 11.5 Å². The summed E-state index contributed by atoms with van der Waals surface area (Å²) in [6, 6.07) is 19.6. The van der Waals surface area contributed by atoms with Crippen molar-refractivity contribution >= 4 is 154 Å². The molecule has 1 aliphatic rings. The first-order valence-electron chi connectivity index (χ1n) is 20.7. The van der Waals surface area contributed by atoms with Crippen molar-refractivity contribution in [3.63, 3.8) is 0 Å². The Morgan fingerprint density at radius 1 is 0.768 bits per heavy atom. The maximum absolute atomic E-state index is 12.2. The van der Waals surface area contributed by atoms with Crippen molar-refractivity contribution in [2.24, 2.45) is 20.5 Å². The Balaban J connectivity index is 1.14. The van der Waals surface area contributed by atoms with Crippen molar-refractivity contribution in [3.05, 3.63) is 71.8 Å². The minimum Gasteiger partial charge on any atom is -0.494 e. The van der Waals surface area contributed by atoms with Gasteiger partial charge in [0.05, 0.1) is 36.4 Å². The Hall–Kier alpha value is -5.98. The second-order valence-electron chi connectivity index (χ2n) is 14.7. The van der Waals surface area contributed by atoms with E-state index >= 15 is 0 Å². The number of fused-ring (bicyclic) bond motifs is 8. The summed E-state index contributed by atoms with van der Waals surface area (Å²) in [7, 11) is -6.59. The number of aromatic nitrogens is 5. The van der Waals surface area contributed by atoms with Crippen LogP contribution in [0.2, 0.25) is 0 Å². The van der Waals surface area contributed by atoms with E-state index in [4.69, 9.17) is 24.4 Å². The van der Waals surface area contributed by atoms with Gasteiger partial charge in [0, 0.05) is 43.3 Å². The van der Waals surface area contributed by atoms with Crippen molar-refractivity contribution in [2.45, 2.75) is 46.6 Å². The predicted molar refractivity (Wildman–Crippen MR) is 272 cm³/mol. The van der Waals surface area contributed by atoms with Gasteiger partial charge < -0.3 is 29.9 Å². The summed E-state index contributed by atoms with van der Waals surface area (Å²) in [6.45, 7) is 8.93. The molecule has 8 aromatic rings. The Kier molecular flexibility index (Phi) is 13.8. The SMILES string of the molecule is CCN(CC)c1ccc(N=Nc2snc3sc(S(=O)(=O)O)c(OC)c23)c(Nc2nc3nc(n2)SCc2cccc(c2)CN(CC)c2ccc(N=Nc4snc5sc(S(=O)(=O)O)c(OC)c45)c(c2)N3)c1. The summed E-state index contributed by atoms with van der Waals surface area (Å²) in [6.07, 6.45) is 0. The third kappa shape index (κ3) is 10.1. The standard InChI is InChI=1S/C41H39N13O8S7/c1-6-53(7-2)23-12-14-25(47-49-33-29-31(61-4)37(68(55,56)57)64-35(29)51-66-33)27(17-23)42-39-44-40-43-28-18-24(54(8-3)19-21-10-9-11-22(16-21)20-63-41(45-39)46-40)13-15-26(28)48-50-34-30-32(62-5)38(69(58,59)60)65-36(30)52-67-34/h9-18H,6-8,19-20H2,1-5H3,(H,55,56,57)(H,58,59,60)(H2,42,43,44,45,46). The highest BCUT2D eigenvalue weighted by Crippen LogP contribution is 2.49. The number of thiophene rings is 2. The molecular formula is C41H39N13O8S7. The van der Waals surface area contributed by atoms with Gasteiger partial charge in [-0.15, -0.1) is 20.5 Å². The minimum atomic E-state index is -4.60. The molecule has 28 heteroatoms. The van der Waals surface area contributed by atoms with E-state index in [1.165, 1.54) is 26.0 Å². The molecule has 0 amide bonds. The molecule has 0 radical (unpaired) electrons. The second kappa shape index (κ2) is 19.8. The lowest BCUT2D eigenvalue weighted by Gasteiger charge is -2.25. The number of rotatable bonds is 14. The maximum Gasteiger partial charge on any atom is 0.307 e. The molecule has 0 saturated carbocycles. The van der Waals surface area contributed by atoms with Crippen LogP contribution in [-0.4, -0.2) is 83.5 Å². The number of hydrogen-bond acceptors (Lipinski definition) is 24. The fraction of sp³-hybridized carbons (Fsp3) is 0.244. The molecule has 4 N–H and O–H groups in total. The summed E-state index contributed by atoms with van der Waals surface area (Å²) in [5.74, 6) is 0.747. The molecule has 0 aliphatic carbocycles. The van der Waals surface area contributed by atoms with Gasteiger partial charge in [-0.3, -0.25) is 9.11 Å². The summed E-state index contributed by atoms with van der Waals surface area (Å²) in [5, 5.41) is 26.5. The Morgan fingerprint density at radius 3 is 2.00 bits per heavy atom. The topological polar surface area (TPSA) is 272 Å². The lowest BCUT2D eigenvalue weighted by molar-refractivity contribution is 0.406. The van der Waals surface area contributed by atoms with Crippen molar-refractivity contribution in [2.75, 3.05) is 54.3 Å². The summed E-state index contributed by atoms with van der Waals surface area (Å²) in [5.41, 5.74) is 5.69. The van der Waals surface area contributed by atoms with Gasteiger partial charge in [-0.05, 0) is 91.4 Å². The van der Waals surface area contributed by atoms with Crippen molar-refractivity contribution in [1.29, 1.82) is 0 Å². The van der Waals surface area contributed by atoms with Crippen LogP contribution in [-0.2, 0) is 32.5 Å². The van der Waals surface area contributed by atoms with Gasteiger partial charge in [-0.1, -0.05) is 58.7 Å². The van der Waals surface area contributed by atoms with E-state index in [2.05, 4.69) is 88.6 Å². The van der Waals surface area contributed by atoms with E-state index in [-0.39, 0.29) is 41.8 Å². The first kappa shape index (κ1) is 48.1. The number of nitrogens with one attached hydrogen (secondary N) is 2. The number of azo groups is 2. The summed E-state index contributed by atoms with van der Waals surface area (Å²) < 4.78 is 87.1. The second-order valence-corrected chi connectivity index (χ2v) is 22.4. The molecule has 0 atom stereocenters. The number of anilines is 6. The Labute approximate surface area is 415 Å². The molecule has 1 aliphatic heterocycles. The lowest BCUT2D eigenvalue weighted by Crippen LogP contribution is -2.22. The number of benzene rings is 3. The average Bonchev–Trinajstić information content (AvgIpc) is 4.11. The summed E-state index contributed by atoms with van der Waals surface area (Å²) >= 11 is 4.96. The molecule has 0 spiro atoms.